The second kappa shape index (κ2) is 7.95. The molecule has 0 bridgehead atoms. The summed E-state index contributed by atoms with van der Waals surface area (Å²) in [5, 5.41) is 0. The van der Waals surface area contributed by atoms with Gasteiger partial charge in [-0.2, -0.15) is 0 Å². The molecule has 1 saturated carbocycles. The second-order valence-electron chi connectivity index (χ2n) is 8.12. The average molecular weight is 448 g/mol. The van der Waals surface area contributed by atoms with Gasteiger partial charge < -0.3 is 14.5 Å². The fourth-order valence-corrected chi connectivity index (χ4v) is 5.21. The highest BCUT2D eigenvalue weighted by Crippen LogP contribution is 2.47. The average Bonchev–Trinajstić information content (AvgIpc) is 2.95. The molecule has 1 aliphatic carbocycles. The van der Waals surface area contributed by atoms with E-state index >= 15 is 0 Å². The smallest absolute Gasteiger partial charge is 0.290 e. The number of rotatable bonds is 5. The van der Waals surface area contributed by atoms with Crippen LogP contribution in [0, 0.1) is 5.92 Å². The van der Waals surface area contributed by atoms with Gasteiger partial charge in [0.2, 0.25) is 0 Å². The Morgan fingerprint density at radius 2 is 2.00 bits per heavy atom. The normalized spacial score (nSPS) is 29.8. The Morgan fingerprint density at radius 3 is 2.71 bits per heavy atom. The van der Waals surface area contributed by atoms with Gasteiger partial charge in [-0.3, -0.25) is 14.6 Å². The minimum Gasteiger partial charge on any atom is -0.483 e. The summed E-state index contributed by atoms with van der Waals surface area (Å²) in [5.74, 6) is 0.0469. The van der Waals surface area contributed by atoms with Crippen molar-refractivity contribution in [2.45, 2.75) is 42.7 Å². The fourth-order valence-electron chi connectivity index (χ4n) is 4.54. The van der Waals surface area contributed by atoms with Crippen LogP contribution in [0.3, 0.4) is 0 Å². The molecule has 1 fully saturated rings. The molecule has 1 aromatic rings. The van der Waals surface area contributed by atoms with Crippen molar-refractivity contribution in [3.63, 3.8) is 0 Å². The molecule has 0 saturated heterocycles. The number of Topliss-reactive ketones (excluding diaryl/α,β-unsaturated/α-hetero) is 1. The first-order valence-corrected chi connectivity index (χ1v) is 10.8. The van der Waals surface area contributed by atoms with Crippen LogP contribution >= 0.6 is 15.9 Å². The lowest BCUT2D eigenvalue weighted by Crippen LogP contribution is -2.41. The van der Waals surface area contributed by atoms with Gasteiger partial charge in [-0.05, 0) is 64.0 Å². The van der Waals surface area contributed by atoms with Gasteiger partial charge in [0, 0.05) is 23.8 Å². The van der Waals surface area contributed by atoms with Crippen LogP contribution in [0.5, 0.6) is 0 Å². The molecule has 4 atom stereocenters. The Labute approximate surface area is 174 Å². The number of carbonyl (C=O) groups excluding carboxylic acids is 2. The summed E-state index contributed by atoms with van der Waals surface area (Å²) in [6, 6.07) is 3.40. The summed E-state index contributed by atoms with van der Waals surface area (Å²) in [5.41, 5.74) is 1.46. The summed E-state index contributed by atoms with van der Waals surface area (Å²) in [4.78, 5) is 35.1. The number of hydrogen-bond donors (Lipinski definition) is 0. The number of fused-ring (bicyclic) bond motifs is 1. The molecule has 0 N–H and O–H groups in total. The molecule has 7 heteroatoms. The van der Waals surface area contributed by atoms with Crippen LogP contribution in [0.15, 0.2) is 35.9 Å². The van der Waals surface area contributed by atoms with Crippen LogP contribution in [0.4, 0.5) is 0 Å². The second-order valence-corrected chi connectivity index (χ2v) is 9.41. The van der Waals surface area contributed by atoms with Gasteiger partial charge >= 0.3 is 0 Å². The van der Waals surface area contributed by atoms with Gasteiger partial charge in [0.05, 0.1) is 17.5 Å². The van der Waals surface area contributed by atoms with Crippen LogP contribution in [-0.2, 0) is 14.3 Å². The molecule has 150 valence electrons. The van der Waals surface area contributed by atoms with Crippen LogP contribution in [-0.4, -0.2) is 64.6 Å². The highest BCUT2D eigenvalue weighted by atomic mass is 79.9. The highest BCUT2D eigenvalue weighted by Gasteiger charge is 2.52. The minimum absolute atomic E-state index is 0.0840. The van der Waals surface area contributed by atoms with Crippen molar-refractivity contribution in [2.24, 2.45) is 5.92 Å². The number of carbonyl (C=O) groups is 2. The number of nitrogens with zero attached hydrogens (tertiary/aromatic N) is 3. The number of ketones is 1. The number of amides is 1. The Kier molecular flexibility index (Phi) is 5.56. The predicted octanol–water partition coefficient (Wildman–Crippen LogP) is 2.70. The molecule has 3 aliphatic rings. The van der Waals surface area contributed by atoms with Crippen LogP contribution in [0.1, 0.15) is 37.3 Å². The molecular formula is C21H26BrN3O3. The van der Waals surface area contributed by atoms with Crippen molar-refractivity contribution in [3.05, 3.63) is 41.4 Å². The third-order valence-electron chi connectivity index (χ3n) is 5.91. The standard InChI is InChI=1S/C21H26BrN3O3/c1-24(2)10-3-11-25-18(13-6-8-23-9-7-13)17-19(26)15-12-14(22)4-5-16(15)28-20(17)21(25)27/h6-9,14-16,18H,3-5,10-12H2,1-2H3. The van der Waals surface area contributed by atoms with Crippen molar-refractivity contribution < 1.29 is 14.3 Å². The van der Waals surface area contributed by atoms with E-state index < -0.39 is 0 Å². The molecule has 4 rings (SSSR count). The molecule has 0 spiro atoms. The van der Waals surface area contributed by atoms with E-state index in [9.17, 15) is 9.59 Å². The molecule has 1 aromatic heterocycles. The van der Waals surface area contributed by atoms with Gasteiger partial charge in [-0.15, -0.1) is 0 Å². The first kappa shape index (κ1) is 19.6. The number of pyridine rings is 1. The quantitative estimate of drug-likeness (QED) is 0.649. The maximum Gasteiger partial charge on any atom is 0.290 e. The van der Waals surface area contributed by atoms with E-state index in [1.165, 1.54) is 0 Å². The van der Waals surface area contributed by atoms with Gasteiger partial charge in [0.15, 0.2) is 11.5 Å². The third-order valence-corrected chi connectivity index (χ3v) is 6.74. The molecular weight excluding hydrogens is 422 g/mol. The number of alkyl halides is 1. The lowest BCUT2D eigenvalue weighted by Gasteiger charge is -2.37. The van der Waals surface area contributed by atoms with Crippen LogP contribution < -0.4 is 0 Å². The largest absolute Gasteiger partial charge is 0.483 e. The zero-order valence-corrected chi connectivity index (χ0v) is 17.9. The number of aromatic nitrogens is 1. The summed E-state index contributed by atoms with van der Waals surface area (Å²) >= 11 is 3.67. The maximum absolute atomic E-state index is 13.5. The van der Waals surface area contributed by atoms with Crippen LogP contribution in [0.2, 0.25) is 0 Å². The zero-order valence-electron chi connectivity index (χ0n) is 16.3. The van der Waals surface area contributed by atoms with Gasteiger partial charge in [0.1, 0.15) is 6.10 Å². The zero-order chi connectivity index (χ0) is 19.8. The van der Waals surface area contributed by atoms with Gasteiger partial charge in [-0.1, -0.05) is 15.9 Å². The molecule has 3 heterocycles. The summed E-state index contributed by atoms with van der Waals surface area (Å²) in [6.45, 7) is 1.47. The Hall–Kier alpha value is -1.73. The fraction of sp³-hybridized carbons (Fsp3) is 0.571. The van der Waals surface area contributed by atoms with E-state index in [1.54, 1.807) is 12.4 Å². The minimum atomic E-state index is -0.378. The summed E-state index contributed by atoms with van der Waals surface area (Å²) < 4.78 is 6.18. The lowest BCUT2D eigenvalue weighted by atomic mass is 9.77. The third kappa shape index (κ3) is 3.50. The number of hydrogen-bond acceptors (Lipinski definition) is 5. The van der Waals surface area contributed by atoms with E-state index in [1.807, 2.05) is 31.1 Å². The van der Waals surface area contributed by atoms with Gasteiger partial charge in [0.25, 0.3) is 5.91 Å². The Balaban J connectivity index is 1.69. The first-order chi connectivity index (χ1) is 13.5. The van der Waals surface area contributed by atoms with E-state index in [0.29, 0.717) is 16.9 Å². The lowest BCUT2D eigenvalue weighted by molar-refractivity contribution is -0.135. The molecule has 2 aliphatic heterocycles. The van der Waals surface area contributed by atoms with E-state index in [2.05, 4.69) is 25.8 Å². The van der Waals surface area contributed by atoms with Crippen molar-refractivity contribution in [2.75, 3.05) is 27.2 Å². The predicted molar refractivity (Wildman–Crippen MR) is 109 cm³/mol. The molecule has 0 aromatic carbocycles. The Morgan fingerprint density at radius 1 is 1.25 bits per heavy atom. The van der Waals surface area contributed by atoms with E-state index in [0.717, 1.165) is 37.8 Å². The summed E-state index contributed by atoms with van der Waals surface area (Å²) in [7, 11) is 4.03. The van der Waals surface area contributed by atoms with Crippen molar-refractivity contribution >= 4 is 27.6 Å². The van der Waals surface area contributed by atoms with E-state index in [4.69, 9.17) is 4.74 Å². The highest BCUT2D eigenvalue weighted by molar-refractivity contribution is 9.09. The first-order valence-electron chi connectivity index (χ1n) is 9.92. The van der Waals surface area contributed by atoms with Crippen molar-refractivity contribution in [1.82, 2.24) is 14.8 Å². The number of halogens is 1. The summed E-state index contributed by atoms with van der Waals surface area (Å²) in [6.07, 6.45) is 6.61. The van der Waals surface area contributed by atoms with Crippen LogP contribution in [0.25, 0.3) is 0 Å². The maximum atomic E-state index is 13.5. The monoisotopic (exact) mass is 447 g/mol. The molecule has 4 unspecified atom stereocenters. The SMILES string of the molecule is CN(C)CCCN1C(=O)C2=C(C(=O)C3CC(Br)CCC3O2)C1c1ccncc1. The molecule has 6 nitrogen and oxygen atoms in total. The van der Waals surface area contributed by atoms with Crippen molar-refractivity contribution in [1.29, 1.82) is 0 Å². The van der Waals surface area contributed by atoms with E-state index in [-0.39, 0.29) is 35.5 Å². The molecule has 1 amide bonds. The molecule has 0 radical (unpaired) electrons. The van der Waals surface area contributed by atoms with Gasteiger partial charge in [-0.25, -0.2) is 0 Å². The topological polar surface area (TPSA) is 62.7 Å². The Bertz CT molecular complexity index is 795. The molecule has 28 heavy (non-hydrogen) atoms. The number of ether oxygens (including phenoxy) is 1. The van der Waals surface area contributed by atoms with Crippen molar-refractivity contribution in [3.8, 4) is 0 Å².